The first kappa shape index (κ1) is 25.3. The van der Waals surface area contributed by atoms with Crippen molar-refractivity contribution in [1.82, 2.24) is 24.8 Å². The predicted octanol–water partition coefficient (Wildman–Crippen LogP) is -0.0417. The lowest BCUT2D eigenvalue weighted by Gasteiger charge is -2.27. The van der Waals surface area contributed by atoms with E-state index in [9.17, 15) is 25.2 Å². The highest BCUT2D eigenvalue weighted by Gasteiger charge is 2.46. The second kappa shape index (κ2) is 10.5. The van der Waals surface area contributed by atoms with Gasteiger partial charge in [-0.15, -0.1) is 0 Å². The van der Waals surface area contributed by atoms with E-state index in [1.54, 1.807) is 0 Å². The Bertz CT molecular complexity index is 1350. The number of amides is 1. The third-order valence-corrected chi connectivity index (χ3v) is 6.72. The van der Waals surface area contributed by atoms with Crippen LogP contribution in [0, 0.1) is 0 Å². The van der Waals surface area contributed by atoms with Crippen LogP contribution in [0.2, 0.25) is 0 Å². The number of aliphatic hydroxyl groups is 4. The lowest BCUT2D eigenvalue weighted by atomic mass is 9.97. The van der Waals surface area contributed by atoms with Gasteiger partial charge in [-0.05, 0) is 17.7 Å². The maximum absolute atomic E-state index is 13.0. The van der Waals surface area contributed by atoms with Crippen molar-refractivity contribution in [1.29, 1.82) is 0 Å². The molecule has 0 bridgehead atoms. The molecule has 13 heteroatoms. The van der Waals surface area contributed by atoms with E-state index in [-0.39, 0.29) is 10.6 Å². The fourth-order valence-electron chi connectivity index (χ4n) is 4.37. The molecule has 1 amide bonds. The average molecular weight is 529 g/mol. The number of carbonyl (C=O) groups excluding carboxylic acids is 1. The Morgan fingerprint density at radius 1 is 1.08 bits per heavy atom. The number of imidazole rings is 1. The maximum atomic E-state index is 13.0. The summed E-state index contributed by atoms with van der Waals surface area (Å²) >= 11 is 5.84. The molecule has 3 aromatic rings. The van der Waals surface area contributed by atoms with E-state index in [0.717, 1.165) is 5.56 Å². The zero-order valence-electron chi connectivity index (χ0n) is 19.3. The summed E-state index contributed by atoms with van der Waals surface area (Å²) in [5.41, 5.74) is 1.73. The van der Waals surface area contributed by atoms with E-state index in [0.29, 0.717) is 23.5 Å². The van der Waals surface area contributed by atoms with E-state index in [4.69, 9.17) is 16.3 Å². The Morgan fingerprint density at radius 2 is 1.86 bits per heavy atom. The van der Waals surface area contributed by atoms with Gasteiger partial charge in [0.1, 0.15) is 36.8 Å². The number of nitrogens with zero attached hydrogens (tertiary/aromatic N) is 4. The molecule has 1 aromatic carbocycles. The molecule has 6 atom stereocenters. The highest BCUT2D eigenvalue weighted by molar-refractivity contribution is 6.30. The van der Waals surface area contributed by atoms with Gasteiger partial charge in [0.2, 0.25) is 5.91 Å². The molecule has 0 spiro atoms. The van der Waals surface area contributed by atoms with Crippen LogP contribution in [0.25, 0.3) is 11.2 Å². The number of benzene rings is 1. The van der Waals surface area contributed by atoms with E-state index in [1.807, 2.05) is 30.3 Å². The first-order valence-corrected chi connectivity index (χ1v) is 11.9. The largest absolute Gasteiger partial charge is 0.394 e. The summed E-state index contributed by atoms with van der Waals surface area (Å²) in [4.78, 5) is 26.0. The monoisotopic (exact) mass is 528 g/mol. The Kier molecular flexibility index (Phi) is 7.20. The zero-order valence-corrected chi connectivity index (χ0v) is 20.1. The summed E-state index contributed by atoms with van der Waals surface area (Å²) in [5.74, 6) is -0.258. The van der Waals surface area contributed by atoms with Crippen molar-refractivity contribution in [3.05, 3.63) is 71.3 Å². The van der Waals surface area contributed by atoms with Gasteiger partial charge in [0.15, 0.2) is 23.2 Å². The minimum Gasteiger partial charge on any atom is -0.394 e. The highest BCUT2D eigenvalue weighted by atomic mass is 35.5. The number of ether oxygens (including phenoxy) is 1. The zero-order chi connectivity index (χ0) is 26.1. The van der Waals surface area contributed by atoms with Gasteiger partial charge in [-0.1, -0.05) is 41.9 Å². The summed E-state index contributed by atoms with van der Waals surface area (Å²) in [6.45, 7) is 0.00336. The van der Waals surface area contributed by atoms with Crippen LogP contribution in [-0.4, -0.2) is 82.9 Å². The third kappa shape index (κ3) is 4.82. The van der Waals surface area contributed by atoms with Gasteiger partial charge in [-0.25, -0.2) is 15.0 Å². The predicted molar refractivity (Wildman–Crippen MR) is 132 cm³/mol. The van der Waals surface area contributed by atoms with Crippen LogP contribution in [0.15, 0.2) is 65.7 Å². The fraction of sp³-hybridized carbons (Fsp3) is 0.333. The Hall–Kier alpha value is -3.39. The van der Waals surface area contributed by atoms with Gasteiger partial charge >= 0.3 is 0 Å². The second-order valence-electron chi connectivity index (χ2n) is 8.69. The Balaban J connectivity index is 1.42. The van der Waals surface area contributed by atoms with Crippen molar-refractivity contribution in [3.63, 3.8) is 0 Å². The third-order valence-electron chi connectivity index (χ3n) is 6.37. The molecule has 2 aliphatic rings. The van der Waals surface area contributed by atoms with Crippen molar-refractivity contribution in [3.8, 4) is 0 Å². The molecule has 5 rings (SSSR count). The van der Waals surface area contributed by atoms with Gasteiger partial charge in [0.05, 0.1) is 12.9 Å². The molecule has 0 saturated carbocycles. The molecule has 37 heavy (non-hydrogen) atoms. The number of aliphatic hydroxyl groups excluding tert-OH is 4. The maximum Gasteiger partial charge on any atom is 0.250 e. The fourth-order valence-corrected chi connectivity index (χ4v) is 4.55. The number of rotatable bonds is 7. The lowest BCUT2D eigenvalue weighted by molar-refractivity contribution is -0.121. The molecule has 2 unspecified atom stereocenters. The van der Waals surface area contributed by atoms with Crippen molar-refractivity contribution >= 4 is 34.5 Å². The van der Waals surface area contributed by atoms with Gasteiger partial charge in [0, 0.05) is 17.2 Å². The van der Waals surface area contributed by atoms with E-state index >= 15 is 0 Å². The number of fused-ring (bicyclic) bond motifs is 1. The minimum absolute atomic E-state index is 0.00671. The molecular weight excluding hydrogens is 504 g/mol. The molecule has 1 saturated heterocycles. The summed E-state index contributed by atoms with van der Waals surface area (Å²) in [7, 11) is 0. The topological polar surface area (TPSA) is 175 Å². The minimum atomic E-state index is -1.55. The van der Waals surface area contributed by atoms with E-state index < -0.39 is 49.2 Å². The standard InChI is InChI=1S/C24H25ClN6O6/c25-14-7-6-13(18(33)19(14)34)23(36)30-16-20(35)15(9-32)37-24(16)31-11-29-17-21(27-10-28-22(17)31)26-8-12-4-2-1-3-5-12/h1-7,10-11,15-16,18-20,24,32-35H,8-9H2,(H,30,36)(H,26,27,28)/t15-,16-,18?,19?,20-,24-/m1/s1. The van der Waals surface area contributed by atoms with Crippen LogP contribution < -0.4 is 10.6 Å². The van der Waals surface area contributed by atoms with Crippen LogP contribution in [0.3, 0.4) is 0 Å². The number of nitrogens with one attached hydrogen (secondary N) is 2. The van der Waals surface area contributed by atoms with Crippen molar-refractivity contribution in [2.75, 3.05) is 11.9 Å². The van der Waals surface area contributed by atoms with Crippen molar-refractivity contribution < 1.29 is 30.0 Å². The SMILES string of the molecule is O=C(N[C@@H]1[C@H](O)[C@@H](CO)O[C@H]1n1cnc2c(NCc3ccccc3)ncnc21)C1=CC=C(Cl)C(O)C1O. The average Bonchev–Trinajstić information content (AvgIpc) is 3.47. The Morgan fingerprint density at radius 3 is 2.62 bits per heavy atom. The first-order valence-electron chi connectivity index (χ1n) is 11.5. The van der Waals surface area contributed by atoms with E-state index in [1.165, 1.54) is 29.4 Å². The number of hydrogen-bond donors (Lipinski definition) is 6. The molecule has 0 radical (unpaired) electrons. The molecular formula is C24H25ClN6O6. The molecule has 1 aliphatic heterocycles. The summed E-state index contributed by atoms with van der Waals surface area (Å²) < 4.78 is 7.41. The molecule has 12 nitrogen and oxygen atoms in total. The van der Waals surface area contributed by atoms with Gasteiger partial charge in [-0.2, -0.15) is 0 Å². The van der Waals surface area contributed by atoms with Crippen LogP contribution in [0.5, 0.6) is 0 Å². The van der Waals surface area contributed by atoms with Crippen LogP contribution >= 0.6 is 11.6 Å². The summed E-state index contributed by atoms with van der Waals surface area (Å²) in [5, 5.41) is 46.7. The van der Waals surface area contributed by atoms with Crippen LogP contribution in [-0.2, 0) is 16.1 Å². The lowest BCUT2D eigenvalue weighted by Crippen LogP contribution is -2.49. The number of aromatic nitrogens is 4. The normalized spacial score (nSPS) is 27.6. The molecule has 194 valence electrons. The quantitative estimate of drug-likeness (QED) is 0.244. The molecule has 1 aliphatic carbocycles. The number of carbonyl (C=O) groups is 1. The van der Waals surface area contributed by atoms with Gasteiger partial charge in [-0.3, -0.25) is 9.36 Å². The van der Waals surface area contributed by atoms with Crippen LogP contribution in [0.4, 0.5) is 5.82 Å². The highest BCUT2D eigenvalue weighted by Crippen LogP contribution is 2.33. The summed E-state index contributed by atoms with van der Waals surface area (Å²) in [6.07, 6.45) is -0.883. The molecule has 2 aromatic heterocycles. The molecule has 3 heterocycles. The van der Waals surface area contributed by atoms with Gasteiger partial charge in [0.25, 0.3) is 0 Å². The molecule has 6 N–H and O–H groups in total. The van der Waals surface area contributed by atoms with Crippen molar-refractivity contribution in [2.24, 2.45) is 0 Å². The number of anilines is 1. The smallest absolute Gasteiger partial charge is 0.250 e. The van der Waals surface area contributed by atoms with Crippen molar-refractivity contribution in [2.45, 2.75) is 43.2 Å². The summed E-state index contributed by atoms with van der Waals surface area (Å²) in [6, 6.07) is 8.69. The number of allylic oxidation sites excluding steroid dienone is 2. The van der Waals surface area contributed by atoms with E-state index in [2.05, 4.69) is 25.6 Å². The number of hydrogen-bond acceptors (Lipinski definition) is 10. The van der Waals surface area contributed by atoms with Crippen LogP contribution in [0.1, 0.15) is 11.8 Å². The molecule has 1 fully saturated rings. The van der Waals surface area contributed by atoms with Gasteiger partial charge < -0.3 is 35.8 Å². The Labute approximate surface area is 215 Å². The second-order valence-corrected chi connectivity index (χ2v) is 9.12. The first-order chi connectivity index (χ1) is 17.9. The number of halogens is 1.